The topological polar surface area (TPSA) is 154 Å². The van der Waals surface area contributed by atoms with E-state index in [1.807, 2.05) is 16.7 Å². The van der Waals surface area contributed by atoms with E-state index in [1.165, 1.54) is 15.7 Å². The van der Waals surface area contributed by atoms with Crippen LogP contribution in [0.5, 0.6) is 5.75 Å². The van der Waals surface area contributed by atoms with Crippen molar-refractivity contribution in [2.75, 3.05) is 54.4 Å². The lowest BCUT2D eigenvalue weighted by atomic mass is 9.83. The maximum atomic E-state index is 14.1. The zero-order valence-electron chi connectivity index (χ0n) is 26.6. The van der Waals surface area contributed by atoms with Crippen LogP contribution in [0.15, 0.2) is 17.2 Å². The van der Waals surface area contributed by atoms with Crippen LogP contribution in [0.4, 0.5) is 30.5 Å². The highest BCUT2D eigenvalue weighted by Crippen LogP contribution is 2.44. The van der Waals surface area contributed by atoms with Crippen LogP contribution in [0.3, 0.4) is 0 Å². The average Bonchev–Trinajstić information content (AvgIpc) is 3.45. The number of nitrogens with one attached hydrogen (secondary N) is 1. The maximum absolute atomic E-state index is 14.1. The second-order valence-corrected chi connectivity index (χ2v) is 12.6. The summed E-state index contributed by atoms with van der Waals surface area (Å²) in [7, 11) is 0. The first-order valence-corrected chi connectivity index (χ1v) is 16.3. The van der Waals surface area contributed by atoms with E-state index in [1.54, 1.807) is 11.5 Å². The van der Waals surface area contributed by atoms with Crippen LogP contribution in [0.25, 0.3) is 5.78 Å². The monoisotopic (exact) mass is 700 g/mol. The molecule has 2 amide bonds. The molecule has 2 saturated heterocycles. The van der Waals surface area contributed by atoms with Crippen molar-refractivity contribution < 1.29 is 27.9 Å². The zero-order chi connectivity index (χ0) is 34.8. The van der Waals surface area contributed by atoms with Crippen molar-refractivity contribution in [3.05, 3.63) is 61.5 Å². The molecule has 2 fully saturated rings. The van der Waals surface area contributed by atoms with Gasteiger partial charge in [-0.2, -0.15) is 22.7 Å². The first kappa shape index (κ1) is 32.6. The summed E-state index contributed by atoms with van der Waals surface area (Å²) >= 11 is 6.29. The molecule has 0 radical (unpaired) electrons. The van der Waals surface area contributed by atoms with Crippen LogP contribution in [-0.4, -0.2) is 90.2 Å². The number of hydrogen-bond acceptors (Lipinski definition) is 10. The highest BCUT2D eigenvalue weighted by atomic mass is 35.5. The highest BCUT2D eigenvalue weighted by molar-refractivity contribution is 6.34. The number of anilines is 3. The number of hydrogen-bond donors (Lipinski definition) is 2. The second kappa shape index (κ2) is 12.2. The molecule has 258 valence electrons. The van der Waals surface area contributed by atoms with Crippen molar-refractivity contribution >= 4 is 46.5 Å². The number of carbonyl (C=O) groups is 2. The molecule has 7 rings (SSSR count). The Bertz CT molecular complexity index is 2070. The molecule has 3 aromatic heterocycles. The second-order valence-electron chi connectivity index (χ2n) is 12.2. The van der Waals surface area contributed by atoms with Crippen molar-refractivity contribution in [3.8, 4) is 5.75 Å². The van der Waals surface area contributed by atoms with Gasteiger partial charge >= 0.3 is 6.18 Å². The smallest absolute Gasteiger partial charge is 0.416 e. The minimum Gasteiger partial charge on any atom is -0.504 e. The molecule has 0 unspecified atom stereocenters. The normalized spacial score (nSPS) is 16.0. The van der Waals surface area contributed by atoms with Gasteiger partial charge in [0.1, 0.15) is 18.6 Å². The minimum atomic E-state index is -4.57. The fraction of sp³-hybridized carbons (Fsp3) is 0.452. The van der Waals surface area contributed by atoms with E-state index in [4.69, 9.17) is 11.6 Å². The van der Waals surface area contributed by atoms with Crippen molar-refractivity contribution in [1.82, 2.24) is 34.0 Å². The van der Waals surface area contributed by atoms with Gasteiger partial charge in [0.15, 0.2) is 11.4 Å². The summed E-state index contributed by atoms with van der Waals surface area (Å²) < 4.78 is 43.6. The number of nitrogens with zero attached hydrogens (tertiary/aromatic N) is 9. The maximum Gasteiger partial charge on any atom is 0.416 e. The fourth-order valence-electron chi connectivity index (χ4n) is 6.56. The largest absolute Gasteiger partial charge is 0.504 e. The molecular formula is C31H32ClF3N10O4. The number of halogens is 4. The lowest BCUT2D eigenvalue weighted by molar-refractivity contribution is -0.138. The van der Waals surface area contributed by atoms with Crippen LogP contribution in [-0.2, 0) is 36.8 Å². The van der Waals surface area contributed by atoms with Gasteiger partial charge in [-0.05, 0) is 49.8 Å². The third-order valence-electron chi connectivity index (χ3n) is 9.38. The molecule has 5 heterocycles. The summed E-state index contributed by atoms with van der Waals surface area (Å²) in [5, 5.41) is 17.4. The molecule has 2 aliphatic heterocycles. The minimum absolute atomic E-state index is 0.103. The summed E-state index contributed by atoms with van der Waals surface area (Å²) in [6, 6.07) is 0.845. The summed E-state index contributed by atoms with van der Waals surface area (Å²) in [5.41, 5.74) is 0.367. The van der Waals surface area contributed by atoms with Gasteiger partial charge in [0, 0.05) is 39.3 Å². The van der Waals surface area contributed by atoms with Gasteiger partial charge in [0.25, 0.3) is 11.5 Å². The number of aromatic hydroxyl groups is 1. The Morgan fingerprint density at radius 3 is 2.37 bits per heavy atom. The third-order valence-corrected chi connectivity index (χ3v) is 9.67. The molecule has 4 aromatic rings. The molecule has 0 bridgehead atoms. The number of rotatable bonds is 7. The van der Waals surface area contributed by atoms with Gasteiger partial charge in [0.05, 0.1) is 27.7 Å². The summed E-state index contributed by atoms with van der Waals surface area (Å²) in [6.45, 7) is 5.48. The van der Waals surface area contributed by atoms with Crippen molar-refractivity contribution in [2.24, 2.45) is 0 Å². The Morgan fingerprint density at radius 1 is 1.04 bits per heavy atom. The van der Waals surface area contributed by atoms with E-state index in [9.17, 15) is 32.7 Å². The number of aromatic nitrogens is 6. The van der Waals surface area contributed by atoms with Crippen LogP contribution in [0.1, 0.15) is 51.9 Å². The number of aryl methyl sites for hydroxylation is 1. The molecule has 1 aliphatic carbocycles. The Kier molecular flexibility index (Phi) is 8.11. The number of piperazine rings is 1. The summed E-state index contributed by atoms with van der Waals surface area (Å²) in [6.07, 6.45) is -1.52. The average molecular weight is 701 g/mol. The molecule has 0 spiro atoms. The molecule has 14 nitrogen and oxygen atoms in total. The van der Waals surface area contributed by atoms with Crippen LogP contribution in [0, 0.1) is 6.92 Å². The molecule has 3 aliphatic rings. The van der Waals surface area contributed by atoms with E-state index in [0.29, 0.717) is 48.8 Å². The number of amides is 2. The quantitative estimate of drug-likeness (QED) is 0.294. The number of alkyl halides is 3. The molecule has 0 atom stereocenters. The van der Waals surface area contributed by atoms with E-state index < -0.39 is 29.1 Å². The predicted molar refractivity (Wildman–Crippen MR) is 172 cm³/mol. The molecular weight excluding hydrogens is 669 g/mol. The Labute approximate surface area is 282 Å². The van der Waals surface area contributed by atoms with Gasteiger partial charge in [-0.15, -0.1) is 5.10 Å². The lowest BCUT2D eigenvalue weighted by Crippen LogP contribution is -2.51. The third kappa shape index (κ3) is 5.58. The van der Waals surface area contributed by atoms with Crippen molar-refractivity contribution in [3.63, 3.8) is 0 Å². The van der Waals surface area contributed by atoms with E-state index >= 15 is 0 Å². The van der Waals surface area contributed by atoms with E-state index in [-0.39, 0.29) is 78.3 Å². The Morgan fingerprint density at radius 2 is 1.76 bits per heavy atom. The molecule has 18 heteroatoms. The van der Waals surface area contributed by atoms with Gasteiger partial charge < -0.3 is 29.7 Å². The van der Waals surface area contributed by atoms with Gasteiger partial charge in [-0.3, -0.25) is 14.4 Å². The fourth-order valence-corrected chi connectivity index (χ4v) is 6.83. The van der Waals surface area contributed by atoms with Crippen LogP contribution in [0.2, 0.25) is 5.02 Å². The number of fused-ring (bicyclic) bond motifs is 2. The summed E-state index contributed by atoms with van der Waals surface area (Å²) in [5.74, 6) is -0.815. The van der Waals surface area contributed by atoms with Crippen LogP contribution < -0.4 is 20.7 Å². The highest BCUT2D eigenvalue weighted by Gasteiger charge is 2.39. The van der Waals surface area contributed by atoms with E-state index in [0.717, 1.165) is 12.5 Å². The summed E-state index contributed by atoms with van der Waals surface area (Å²) in [4.78, 5) is 58.7. The van der Waals surface area contributed by atoms with Gasteiger partial charge in [0.2, 0.25) is 17.6 Å². The standard InChI is InChI=1S/C31H32ClF3N10O4/c1-3-21-25(41-9-11-42(12-10-41)27(48)24-26(47)16(2)36-15-37-24)28(49)45-30(39-29(40-45)43-7-4-8-43)44(21)14-22(46)38-23-18-6-5-17(18)19(13-20(23)32)31(33,34)35/h13,15,47H,3-12,14H2,1-2H3,(H,38,46). The molecule has 2 N–H and O–H groups in total. The Balaban J connectivity index is 1.22. The molecule has 0 saturated carbocycles. The van der Waals surface area contributed by atoms with E-state index in [2.05, 4.69) is 25.4 Å². The molecule has 49 heavy (non-hydrogen) atoms. The van der Waals surface area contributed by atoms with Gasteiger partial charge in [-0.1, -0.05) is 18.5 Å². The number of benzene rings is 1. The zero-order valence-corrected chi connectivity index (χ0v) is 27.4. The molecule has 1 aromatic carbocycles. The predicted octanol–water partition coefficient (Wildman–Crippen LogP) is 2.84. The first-order valence-electron chi connectivity index (χ1n) is 15.9. The van der Waals surface area contributed by atoms with Crippen molar-refractivity contribution in [1.29, 1.82) is 0 Å². The first-order chi connectivity index (χ1) is 23.4. The van der Waals surface area contributed by atoms with Crippen molar-refractivity contribution in [2.45, 2.75) is 52.3 Å². The van der Waals surface area contributed by atoms with Gasteiger partial charge in [-0.25, -0.2) is 9.97 Å². The lowest BCUT2D eigenvalue weighted by Gasteiger charge is -2.36. The SMILES string of the molecule is CCc1c(N2CCN(C(=O)c3ncnc(C)c3O)CC2)c(=O)n2nc(N3CCC3)nc2n1CC(=O)Nc1c(Cl)cc(C(F)(F)F)c2c1CC2. The number of carbonyl (C=O) groups excluding carboxylic acids is 2. The van der Waals surface area contributed by atoms with Crippen LogP contribution >= 0.6 is 11.6 Å². The Hall–Kier alpha value is -4.93.